The van der Waals surface area contributed by atoms with Gasteiger partial charge in [-0.25, -0.2) is 17.4 Å². The number of benzene rings is 1. The summed E-state index contributed by atoms with van der Waals surface area (Å²) >= 11 is 0. The third kappa shape index (κ3) is 2.42. The van der Waals surface area contributed by atoms with Crippen molar-refractivity contribution in [1.82, 2.24) is 8.96 Å². The standard InChI is InChI=1S/C14H14N2O3S/c1-3-4-13-14(9-17)16(10-15-13)20(18,19)12-7-5-11(2)6-8-12/h3,5-10H,1,4H2,2H3. The largest absolute Gasteiger partial charge is 0.296 e. The van der Waals surface area contributed by atoms with Crippen LogP contribution in [0.5, 0.6) is 0 Å². The Balaban J connectivity index is 2.57. The highest BCUT2D eigenvalue weighted by Crippen LogP contribution is 2.18. The number of rotatable bonds is 5. The van der Waals surface area contributed by atoms with Crippen molar-refractivity contribution < 1.29 is 13.2 Å². The molecule has 1 aromatic heterocycles. The van der Waals surface area contributed by atoms with Crippen LogP contribution in [0.25, 0.3) is 0 Å². The molecule has 0 spiro atoms. The molecular formula is C14H14N2O3S. The molecule has 0 bridgehead atoms. The highest BCUT2D eigenvalue weighted by atomic mass is 32.2. The molecule has 0 unspecified atom stereocenters. The topological polar surface area (TPSA) is 69.0 Å². The molecule has 1 aromatic carbocycles. The van der Waals surface area contributed by atoms with Crippen LogP contribution in [0.4, 0.5) is 0 Å². The first kappa shape index (κ1) is 14.2. The zero-order valence-corrected chi connectivity index (χ0v) is 11.8. The second kappa shape index (κ2) is 5.42. The van der Waals surface area contributed by atoms with Gasteiger partial charge in [0.05, 0.1) is 10.6 Å². The van der Waals surface area contributed by atoms with Crippen LogP contribution in [0.3, 0.4) is 0 Å². The van der Waals surface area contributed by atoms with Crippen LogP contribution in [-0.2, 0) is 16.4 Å². The van der Waals surface area contributed by atoms with Gasteiger partial charge in [0.1, 0.15) is 12.0 Å². The summed E-state index contributed by atoms with van der Waals surface area (Å²) in [4.78, 5) is 15.2. The molecule has 20 heavy (non-hydrogen) atoms. The molecule has 0 amide bonds. The van der Waals surface area contributed by atoms with Gasteiger partial charge in [-0.05, 0) is 19.1 Å². The SMILES string of the molecule is C=CCc1ncn(S(=O)(=O)c2ccc(C)cc2)c1C=O. The van der Waals surface area contributed by atoms with Crippen LogP contribution < -0.4 is 0 Å². The van der Waals surface area contributed by atoms with Crippen LogP contribution in [0.15, 0.2) is 48.1 Å². The van der Waals surface area contributed by atoms with Crippen molar-refractivity contribution in [2.45, 2.75) is 18.2 Å². The number of aryl methyl sites for hydroxylation is 1. The Morgan fingerprint density at radius 1 is 1.30 bits per heavy atom. The molecular weight excluding hydrogens is 276 g/mol. The number of carbonyl (C=O) groups is 1. The minimum absolute atomic E-state index is 0.0328. The first-order chi connectivity index (χ1) is 9.50. The highest BCUT2D eigenvalue weighted by Gasteiger charge is 2.22. The minimum atomic E-state index is -3.81. The van der Waals surface area contributed by atoms with Crippen molar-refractivity contribution >= 4 is 16.3 Å². The lowest BCUT2D eigenvalue weighted by Crippen LogP contribution is -2.15. The number of carbonyl (C=O) groups excluding carboxylic acids is 1. The Labute approximate surface area is 117 Å². The van der Waals surface area contributed by atoms with E-state index < -0.39 is 10.0 Å². The maximum atomic E-state index is 12.5. The highest BCUT2D eigenvalue weighted by molar-refractivity contribution is 7.90. The van der Waals surface area contributed by atoms with E-state index in [0.717, 1.165) is 15.9 Å². The smallest absolute Gasteiger partial charge is 0.269 e. The lowest BCUT2D eigenvalue weighted by Gasteiger charge is -2.07. The van der Waals surface area contributed by atoms with Crippen LogP contribution >= 0.6 is 0 Å². The fourth-order valence-corrected chi connectivity index (χ4v) is 3.09. The average Bonchev–Trinajstić information content (AvgIpc) is 2.83. The van der Waals surface area contributed by atoms with Gasteiger partial charge in [0.15, 0.2) is 6.29 Å². The summed E-state index contributed by atoms with van der Waals surface area (Å²) < 4.78 is 25.9. The van der Waals surface area contributed by atoms with E-state index in [9.17, 15) is 13.2 Å². The number of aldehydes is 1. The van der Waals surface area contributed by atoms with E-state index in [2.05, 4.69) is 11.6 Å². The Morgan fingerprint density at radius 3 is 2.50 bits per heavy atom. The lowest BCUT2D eigenvalue weighted by atomic mass is 10.2. The number of aromatic nitrogens is 2. The maximum Gasteiger partial charge on any atom is 0.269 e. The molecule has 0 radical (unpaired) electrons. The number of allylic oxidation sites excluding steroid dienone is 1. The predicted molar refractivity (Wildman–Crippen MR) is 75.3 cm³/mol. The molecule has 2 aromatic rings. The minimum Gasteiger partial charge on any atom is -0.296 e. The van der Waals surface area contributed by atoms with Crippen LogP contribution in [0, 0.1) is 6.92 Å². The number of hydrogen-bond acceptors (Lipinski definition) is 4. The Morgan fingerprint density at radius 2 is 1.95 bits per heavy atom. The van der Waals surface area contributed by atoms with Gasteiger partial charge in [-0.15, -0.1) is 6.58 Å². The van der Waals surface area contributed by atoms with Gasteiger partial charge in [-0.2, -0.15) is 0 Å². The average molecular weight is 290 g/mol. The zero-order valence-electron chi connectivity index (χ0n) is 11.0. The summed E-state index contributed by atoms with van der Waals surface area (Å²) in [5.41, 5.74) is 1.38. The molecule has 5 nitrogen and oxygen atoms in total. The van der Waals surface area contributed by atoms with Crippen molar-refractivity contribution in [3.8, 4) is 0 Å². The van der Waals surface area contributed by atoms with E-state index in [-0.39, 0.29) is 10.6 Å². The third-order valence-corrected chi connectivity index (χ3v) is 4.56. The predicted octanol–water partition coefficient (Wildman–Crippen LogP) is 1.97. The quantitative estimate of drug-likeness (QED) is 0.623. The van der Waals surface area contributed by atoms with Gasteiger partial charge in [0.2, 0.25) is 0 Å². The van der Waals surface area contributed by atoms with E-state index in [4.69, 9.17) is 0 Å². The van der Waals surface area contributed by atoms with Gasteiger partial charge in [-0.1, -0.05) is 23.8 Å². The number of imidazole rings is 1. The van der Waals surface area contributed by atoms with Gasteiger partial charge in [0.25, 0.3) is 10.0 Å². The van der Waals surface area contributed by atoms with Crippen LogP contribution in [0.2, 0.25) is 0 Å². The molecule has 2 rings (SSSR count). The molecule has 0 N–H and O–H groups in total. The molecule has 104 valence electrons. The summed E-state index contributed by atoms with van der Waals surface area (Å²) in [6.07, 6.45) is 3.55. The molecule has 0 aliphatic carbocycles. The Kier molecular flexibility index (Phi) is 3.85. The second-order valence-electron chi connectivity index (χ2n) is 4.30. The molecule has 0 saturated heterocycles. The van der Waals surface area contributed by atoms with Crippen molar-refractivity contribution in [2.75, 3.05) is 0 Å². The molecule has 0 saturated carbocycles. The van der Waals surface area contributed by atoms with E-state index in [0.29, 0.717) is 18.4 Å². The summed E-state index contributed by atoms with van der Waals surface area (Å²) in [5, 5.41) is 0. The van der Waals surface area contributed by atoms with Gasteiger partial charge in [0, 0.05) is 6.42 Å². The number of nitrogens with zero attached hydrogens (tertiary/aromatic N) is 2. The Hall–Kier alpha value is -2.21. The van der Waals surface area contributed by atoms with Gasteiger partial charge >= 0.3 is 0 Å². The molecule has 6 heteroatoms. The van der Waals surface area contributed by atoms with Crippen molar-refractivity contribution in [2.24, 2.45) is 0 Å². The summed E-state index contributed by atoms with van der Waals surface area (Å²) in [7, 11) is -3.81. The lowest BCUT2D eigenvalue weighted by molar-refractivity contribution is 0.111. The monoisotopic (exact) mass is 290 g/mol. The Bertz CT molecular complexity index is 743. The molecule has 0 aliphatic heterocycles. The maximum absolute atomic E-state index is 12.5. The van der Waals surface area contributed by atoms with E-state index in [1.165, 1.54) is 12.1 Å². The fourth-order valence-electron chi connectivity index (χ4n) is 1.81. The molecule has 1 heterocycles. The third-order valence-electron chi connectivity index (χ3n) is 2.88. The van der Waals surface area contributed by atoms with Crippen molar-refractivity contribution in [3.05, 3.63) is 60.2 Å². The van der Waals surface area contributed by atoms with Gasteiger partial charge in [-0.3, -0.25) is 4.79 Å². The van der Waals surface area contributed by atoms with Crippen molar-refractivity contribution in [1.29, 1.82) is 0 Å². The summed E-state index contributed by atoms with van der Waals surface area (Å²) in [6, 6.07) is 6.42. The summed E-state index contributed by atoms with van der Waals surface area (Å²) in [5.74, 6) is 0. The normalized spacial score (nSPS) is 11.2. The van der Waals surface area contributed by atoms with E-state index in [1.54, 1.807) is 18.2 Å². The number of hydrogen-bond donors (Lipinski definition) is 0. The van der Waals surface area contributed by atoms with E-state index in [1.807, 2.05) is 6.92 Å². The second-order valence-corrected chi connectivity index (χ2v) is 6.12. The van der Waals surface area contributed by atoms with Gasteiger partial charge < -0.3 is 0 Å². The zero-order chi connectivity index (χ0) is 14.8. The first-order valence-corrected chi connectivity index (χ1v) is 7.39. The molecule has 0 fully saturated rings. The molecule has 0 atom stereocenters. The summed E-state index contributed by atoms with van der Waals surface area (Å²) in [6.45, 7) is 5.42. The first-order valence-electron chi connectivity index (χ1n) is 5.95. The molecule has 0 aliphatic rings. The van der Waals surface area contributed by atoms with Crippen LogP contribution in [0.1, 0.15) is 21.7 Å². The van der Waals surface area contributed by atoms with Crippen molar-refractivity contribution in [3.63, 3.8) is 0 Å². The fraction of sp³-hybridized carbons (Fsp3) is 0.143. The van der Waals surface area contributed by atoms with E-state index >= 15 is 0 Å². The van der Waals surface area contributed by atoms with Crippen LogP contribution in [-0.4, -0.2) is 23.7 Å².